The Kier molecular flexibility index (Phi) is 5.16. The van der Waals surface area contributed by atoms with E-state index in [0.29, 0.717) is 6.54 Å². The van der Waals surface area contributed by atoms with E-state index in [1.165, 1.54) is 0 Å². The van der Waals surface area contributed by atoms with Crippen molar-refractivity contribution in [1.29, 1.82) is 0 Å². The molecule has 20 heavy (non-hydrogen) atoms. The number of carbonyl (C=O) groups is 1. The molecule has 108 valence electrons. The number of nitrogens with zero attached hydrogens (tertiary/aromatic N) is 2. The van der Waals surface area contributed by atoms with Crippen LogP contribution in [0.1, 0.15) is 38.9 Å². The second-order valence-corrected chi connectivity index (χ2v) is 5.06. The lowest BCUT2D eigenvalue weighted by Crippen LogP contribution is -2.29. The van der Waals surface area contributed by atoms with Crippen molar-refractivity contribution in [3.63, 3.8) is 0 Å². The molecule has 1 N–H and O–H groups in total. The molecule has 1 aromatic heterocycles. The molecule has 1 amide bonds. The monoisotopic (exact) mass is 273 g/mol. The van der Waals surface area contributed by atoms with E-state index < -0.39 is 0 Å². The van der Waals surface area contributed by atoms with Crippen molar-refractivity contribution in [1.82, 2.24) is 14.9 Å². The van der Waals surface area contributed by atoms with Crippen LogP contribution in [0.5, 0.6) is 0 Å². The van der Waals surface area contributed by atoms with Crippen LogP contribution in [0.25, 0.3) is 11.0 Å². The van der Waals surface area contributed by atoms with Gasteiger partial charge >= 0.3 is 0 Å². The molecule has 1 aromatic carbocycles. The summed E-state index contributed by atoms with van der Waals surface area (Å²) < 4.78 is 2.04. The topological polar surface area (TPSA) is 46.9 Å². The van der Waals surface area contributed by atoms with Gasteiger partial charge in [0.25, 0.3) is 0 Å². The van der Waals surface area contributed by atoms with Gasteiger partial charge in [0.2, 0.25) is 5.91 Å². The summed E-state index contributed by atoms with van der Waals surface area (Å²) in [4.78, 5) is 16.7. The Morgan fingerprint density at radius 2 is 2.05 bits per heavy atom. The maximum atomic E-state index is 12.0. The number of benzene rings is 1. The van der Waals surface area contributed by atoms with Crippen LogP contribution in [0.15, 0.2) is 24.3 Å². The maximum Gasteiger partial charge on any atom is 0.240 e. The van der Waals surface area contributed by atoms with E-state index in [1.54, 1.807) is 0 Å². The highest BCUT2D eigenvalue weighted by Gasteiger charge is 2.12. The lowest BCUT2D eigenvalue weighted by Gasteiger charge is -2.09. The van der Waals surface area contributed by atoms with Crippen molar-refractivity contribution < 1.29 is 4.79 Å². The van der Waals surface area contributed by atoms with Crippen molar-refractivity contribution in [3.05, 3.63) is 30.1 Å². The van der Waals surface area contributed by atoms with Gasteiger partial charge in [-0.15, -0.1) is 0 Å². The third kappa shape index (κ3) is 3.38. The summed E-state index contributed by atoms with van der Waals surface area (Å²) in [5, 5.41) is 2.97. The zero-order valence-corrected chi connectivity index (χ0v) is 12.4. The van der Waals surface area contributed by atoms with Gasteiger partial charge in [0.1, 0.15) is 12.4 Å². The molecule has 0 aliphatic rings. The second-order valence-electron chi connectivity index (χ2n) is 5.06. The molecule has 0 saturated carbocycles. The van der Waals surface area contributed by atoms with Crippen molar-refractivity contribution in [2.45, 2.75) is 46.1 Å². The summed E-state index contributed by atoms with van der Waals surface area (Å²) in [6.45, 7) is 5.37. The van der Waals surface area contributed by atoms with Gasteiger partial charge in [-0.05, 0) is 25.0 Å². The van der Waals surface area contributed by atoms with Gasteiger partial charge in [-0.1, -0.05) is 32.4 Å². The Bertz CT molecular complexity index is 574. The van der Waals surface area contributed by atoms with E-state index in [4.69, 9.17) is 0 Å². The summed E-state index contributed by atoms with van der Waals surface area (Å²) in [6, 6.07) is 8.00. The Balaban J connectivity index is 2.18. The predicted octanol–water partition coefficient (Wildman–Crippen LogP) is 2.91. The van der Waals surface area contributed by atoms with Gasteiger partial charge < -0.3 is 9.88 Å². The first-order valence-corrected chi connectivity index (χ1v) is 7.47. The standard InChI is InChI=1S/C16H23N3O/c1-3-5-11-17-16(20)12-19-14-10-7-6-9-13(14)18-15(19)8-4-2/h6-7,9-10H,3-5,8,11-12H2,1-2H3,(H,17,20). The first-order chi connectivity index (χ1) is 9.76. The second kappa shape index (κ2) is 7.08. The van der Waals surface area contributed by atoms with Gasteiger partial charge in [-0.3, -0.25) is 4.79 Å². The molecule has 1 heterocycles. The highest BCUT2D eigenvalue weighted by molar-refractivity contribution is 5.81. The molecule has 0 saturated heterocycles. The van der Waals surface area contributed by atoms with Crippen molar-refractivity contribution in [3.8, 4) is 0 Å². The zero-order chi connectivity index (χ0) is 14.4. The average Bonchev–Trinajstić information content (AvgIpc) is 2.78. The largest absolute Gasteiger partial charge is 0.355 e. The lowest BCUT2D eigenvalue weighted by molar-refractivity contribution is -0.121. The first kappa shape index (κ1) is 14.6. The number of nitrogens with one attached hydrogen (secondary N) is 1. The Labute approximate surface area is 120 Å². The predicted molar refractivity (Wildman–Crippen MR) is 81.6 cm³/mol. The van der Waals surface area contributed by atoms with Gasteiger partial charge in [0.05, 0.1) is 11.0 Å². The van der Waals surface area contributed by atoms with E-state index >= 15 is 0 Å². The van der Waals surface area contributed by atoms with Crippen LogP contribution in [-0.4, -0.2) is 22.0 Å². The number of hydrogen-bond donors (Lipinski definition) is 1. The fourth-order valence-electron chi connectivity index (χ4n) is 2.32. The molecule has 0 aliphatic heterocycles. The van der Waals surface area contributed by atoms with Crippen molar-refractivity contribution in [2.75, 3.05) is 6.54 Å². The molecular weight excluding hydrogens is 250 g/mol. The minimum atomic E-state index is 0.0685. The first-order valence-electron chi connectivity index (χ1n) is 7.47. The van der Waals surface area contributed by atoms with Crippen LogP contribution >= 0.6 is 0 Å². The smallest absolute Gasteiger partial charge is 0.240 e. The summed E-state index contributed by atoms with van der Waals surface area (Å²) in [6.07, 6.45) is 4.05. The van der Waals surface area contributed by atoms with Crippen LogP contribution in [0.4, 0.5) is 0 Å². The molecule has 2 rings (SSSR count). The molecular formula is C16H23N3O. The highest BCUT2D eigenvalue weighted by atomic mass is 16.1. The molecule has 0 spiro atoms. The fourth-order valence-corrected chi connectivity index (χ4v) is 2.32. The average molecular weight is 273 g/mol. The molecule has 4 nitrogen and oxygen atoms in total. The number of para-hydroxylation sites is 2. The Hall–Kier alpha value is -1.84. The van der Waals surface area contributed by atoms with E-state index in [-0.39, 0.29) is 5.91 Å². The molecule has 0 bridgehead atoms. The van der Waals surface area contributed by atoms with Gasteiger partial charge in [-0.25, -0.2) is 4.98 Å². The third-order valence-corrected chi connectivity index (χ3v) is 3.36. The third-order valence-electron chi connectivity index (χ3n) is 3.36. The van der Waals surface area contributed by atoms with E-state index in [1.807, 2.05) is 28.8 Å². The lowest BCUT2D eigenvalue weighted by atomic mass is 10.3. The number of carbonyl (C=O) groups excluding carboxylic acids is 1. The molecule has 0 radical (unpaired) electrons. The van der Waals surface area contributed by atoms with Crippen LogP contribution < -0.4 is 5.32 Å². The summed E-state index contributed by atoms with van der Waals surface area (Å²) >= 11 is 0. The maximum absolute atomic E-state index is 12.0. The number of hydrogen-bond acceptors (Lipinski definition) is 2. The quantitative estimate of drug-likeness (QED) is 0.788. The minimum absolute atomic E-state index is 0.0685. The Morgan fingerprint density at radius 3 is 2.80 bits per heavy atom. The van der Waals surface area contributed by atoms with Gasteiger partial charge in [0, 0.05) is 13.0 Å². The molecule has 0 fully saturated rings. The van der Waals surface area contributed by atoms with Crippen LogP contribution in [0.2, 0.25) is 0 Å². The number of amides is 1. The van der Waals surface area contributed by atoms with E-state index in [0.717, 1.165) is 49.1 Å². The molecule has 4 heteroatoms. The molecule has 0 aliphatic carbocycles. The zero-order valence-electron chi connectivity index (χ0n) is 12.4. The van der Waals surface area contributed by atoms with Crippen LogP contribution in [-0.2, 0) is 17.8 Å². The molecule has 0 unspecified atom stereocenters. The van der Waals surface area contributed by atoms with Gasteiger partial charge in [-0.2, -0.15) is 0 Å². The van der Waals surface area contributed by atoms with E-state index in [2.05, 4.69) is 24.1 Å². The van der Waals surface area contributed by atoms with Crippen molar-refractivity contribution >= 4 is 16.9 Å². The van der Waals surface area contributed by atoms with Crippen molar-refractivity contribution in [2.24, 2.45) is 0 Å². The number of imidazole rings is 1. The SMILES string of the molecule is CCCCNC(=O)Cn1c(CCC)nc2ccccc21. The molecule has 2 aromatic rings. The fraction of sp³-hybridized carbons (Fsp3) is 0.500. The normalized spacial score (nSPS) is 10.9. The molecule has 0 atom stereocenters. The number of fused-ring (bicyclic) bond motifs is 1. The number of aryl methyl sites for hydroxylation is 1. The highest BCUT2D eigenvalue weighted by Crippen LogP contribution is 2.16. The number of rotatable bonds is 7. The Morgan fingerprint density at radius 1 is 1.25 bits per heavy atom. The number of unbranched alkanes of at least 4 members (excludes halogenated alkanes) is 1. The summed E-state index contributed by atoms with van der Waals surface area (Å²) in [5.74, 6) is 1.07. The number of aromatic nitrogens is 2. The minimum Gasteiger partial charge on any atom is -0.355 e. The van der Waals surface area contributed by atoms with E-state index in [9.17, 15) is 4.79 Å². The van der Waals surface area contributed by atoms with Gasteiger partial charge in [0.15, 0.2) is 0 Å². The summed E-state index contributed by atoms with van der Waals surface area (Å²) in [5.41, 5.74) is 2.01. The van der Waals surface area contributed by atoms with Crippen LogP contribution in [0.3, 0.4) is 0 Å². The summed E-state index contributed by atoms with van der Waals surface area (Å²) in [7, 11) is 0. The van der Waals surface area contributed by atoms with Crippen LogP contribution in [0, 0.1) is 0 Å².